The summed E-state index contributed by atoms with van der Waals surface area (Å²) in [4.78, 5) is 26.1. The van der Waals surface area contributed by atoms with Gasteiger partial charge in [0.25, 0.3) is 0 Å². The zero-order chi connectivity index (χ0) is 12.0. The lowest BCUT2D eigenvalue weighted by Crippen LogP contribution is -2.41. The lowest BCUT2D eigenvalue weighted by molar-refractivity contribution is -0.141. The summed E-state index contributed by atoms with van der Waals surface area (Å²) in [6, 6.07) is 4.44. The number of nitrogens with one attached hydrogen (secondary N) is 1. The molecule has 0 bridgehead atoms. The van der Waals surface area contributed by atoms with Crippen LogP contribution < -0.4 is 5.32 Å². The van der Waals surface area contributed by atoms with Crippen LogP contribution in [-0.4, -0.2) is 28.0 Å². The molecule has 0 aliphatic rings. The van der Waals surface area contributed by atoms with Gasteiger partial charge < -0.3 is 10.4 Å². The number of carboxylic acid groups (broad SMARTS) is 1. The Balaban J connectivity index is 2.50. The summed E-state index contributed by atoms with van der Waals surface area (Å²) in [5.74, 6) is -1.34. The third-order valence-electron chi connectivity index (χ3n) is 2.11. The van der Waals surface area contributed by atoms with E-state index in [2.05, 4.69) is 10.3 Å². The number of aliphatic carboxylic acids is 1. The zero-order valence-electron chi connectivity index (χ0n) is 9.01. The Morgan fingerprint density at radius 1 is 1.50 bits per heavy atom. The van der Waals surface area contributed by atoms with Crippen LogP contribution >= 0.6 is 0 Å². The van der Waals surface area contributed by atoms with Crippen molar-refractivity contribution in [2.45, 2.75) is 25.8 Å². The van der Waals surface area contributed by atoms with E-state index in [1.165, 1.54) is 0 Å². The molecule has 1 atom stereocenters. The smallest absolute Gasteiger partial charge is 0.326 e. The molecule has 1 rings (SSSR count). The van der Waals surface area contributed by atoms with Crippen molar-refractivity contribution in [3.63, 3.8) is 0 Å². The van der Waals surface area contributed by atoms with Gasteiger partial charge in [-0.3, -0.25) is 9.78 Å². The van der Waals surface area contributed by atoms with Crippen LogP contribution in [0.4, 0.5) is 0 Å². The van der Waals surface area contributed by atoms with Crippen LogP contribution in [0.2, 0.25) is 0 Å². The first kappa shape index (κ1) is 12.2. The second kappa shape index (κ2) is 5.85. The molecule has 0 spiro atoms. The molecule has 86 valence electrons. The molecule has 0 radical (unpaired) electrons. The summed E-state index contributed by atoms with van der Waals surface area (Å²) >= 11 is 0. The van der Waals surface area contributed by atoms with E-state index in [-0.39, 0.29) is 12.3 Å². The Kier molecular flexibility index (Phi) is 4.44. The molecule has 0 saturated carbocycles. The standard InChI is InChI=1S/C11H14N2O3/c1-2-9(11(15)16)13-10(14)7-8-5-3-4-6-12-8/h3-6,9H,2,7H2,1H3,(H,13,14)(H,15,16). The van der Waals surface area contributed by atoms with E-state index in [4.69, 9.17) is 5.11 Å². The molecule has 1 aromatic heterocycles. The Morgan fingerprint density at radius 2 is 2.25 bits per heavy atom. The summed E-state index contributed by atoms with van der Waals surface area (Å²) in [5.41, 5.74) is 0.625. The van der Waals surface area contributed by atoms with Crippen molar-refractivity contribution >= 4 is 11.9 Å². The van der Waals surface area contributed by atoms with Crippen LogP contribution in [0.3, 0.4) is 0 Å². The molecule has 2 N–H and O–H groups in total. The monoisotopic (exact) mass is 222 g/mol. The Labute approximate surface area is 93.5 Å². The number of carbonyl (C=O) groups is 2. The molecule has 1 aromatic rings. The van der Waals surface area contributed by atoms with Gasteiger partial charge in [-0.2, -0.15) is 0 Å². The van der Waals surface area contributed by atoms with Crippen molar-refractivity contribution in [3.05, 3.63) is 30.1 Å². The van der Waals surface area contributed by atoms with Gasteiger partial charge in [0.15, 0.2) is 0 Å². The van der Waals surface area contributed by atoms with E-state index in [0.717, 1.165) is 0 Å². The van der Waals surface area contributed by atoms with E-state index in [1.54, 1.807) is 31.3 Å². The summed E-state index contributed by atoms with van der Waals surface area (Å²) in [7, 11) is 0. The Bertz CT molecular complexity index is 365. The number of rotatable bonds is 5. The maximum atomic E-state index is 11.5. The molecule has 0 aromatic carbocycles. The average molecular weight is 222 g/mol. The fourth-order valence-electron chi connectivity index (χ4n) is 1.25. The normalized spacial score (nSPS) is 11.8. The minimum absolute atomic E-state index is 0.102. The van der Waals surface area contributed by atoms with Gasteiger partial charge in [0.2, 0.25) is 5.91 Å². The molecule has 0 aliphatic carbocycles. The first-order chi connectivity index (χ1) is 7.63. The fourth-order valence-corrected chi connectivity index (χ4v) is 1.25. The van der Waals surface area contributed by atoms with Crippen LogP contribution in [-0.2, 0) is 16.0 Å². The van der Waals surface area contributed by atoms with Crippen LogP contribution in [0, 0.1) is 0 Å². The summed E-state index contributed by atoms with van der Waals surface area (Å²) in [6.45, 7) is 1.71. The number of carbonyl (C=O) groups excluding carboxylic acids is 1. The number of aromatic nitrogens is 1. The number of amides is 1. The number of nitrogens with zero attached hydrogens (tertiary/aromatic N) is 1. The maximum Gasteiger partial charge on any atom is 0.326 e. The van der Waals surface area contributed by atoms with Gasteiger partial charge in [0.1, 0.15) is 6.04 Å². The summed E-state index contributed by atoms with van der Waals surface area (Å²) in [6.07, 6.45) is 2.06. The number of carboxylic acids is 1. The van der Waals surface area contributed by atoms with Gasteiger partial charge >= 0.3 is 5.97 Å². The van der Waals surface area contributed by atoms with Gasteiger partial charge in [-0.25, -0.2) is 4.79 Å². The molecular formula is C11H14N2O3. The summed E-state index contributed by atoms with van der Waals surface area (Å²) < 4.78 is 0. The predicted octanol–water partition coefficient (Wildman–Crippen LogP) is 0.603. The number of hydrogen-bond donors (Lipinski definition) is 2. The zero-order valence-corrected chi connectivity index (χ0v) is 9.01. The van der Waals surface area contributed by atoms with Crippen LogP contribution in [0.1, 0.15) is 19.0 Å². The highest BCUT2D eigenvalue weighted by Crippen LogP contribution is 1.97. The van der Waals surface area contributed by atoms with Gasteiger partial charge in [-0.05, 0) is 18.6 Å². The van der Waals surface area contributed by atoms with Gasteiger partial charge in [-0.15, -0.1) is 0 Å². The van der Waals surface area contributed by atoms with Crippen molar-refractivity contribution in [3.8, 4) is 0 Å². The number of pyridine rings is 1. The minimum Gasteiger partial charge on any atom is -0.480 e. The molecule has 1 amide bonds. The Morgan fingerprint density at radius 3 is 2.75 bits per heavy atom. The summed E-state index contributed by atoms with van der Waals surface area (Å²) in [5, 5.41) is 11.2. The highest BCUT2D eigenvalue weighted by Gasteiger charge is 2.17. The van der Waals surface area contributed by atoms with Crippen molar-refractivity contribution in [2.24, 2.45) is 0 Å². The largest absolute Gasteiger partial charge is 0.480 e. The molecule has 0 saturated heterocycles. The van der Waals surface area contributed by atoms with Crippen molar-refractivity contribution in [2.75, 3.05) is 0 Å². The third kappa shape index (κ3) is 3.68. The van der Waals surface area contributed by atoms with E-state index in [0.29, 0.717) is 12.1 Å². The third-order valence-corrected chi connectivity index (χ3v) is 2.11. The number of hydrogen-bond acceptors (Lipinski definition) is 3. The molecule has 5 heteroatoms. The first-order valence-electron chi connectivity index (χ1n) is 5.05. The van der Waals surface area contributed by atoms with Gasteiger partial charge in [0, 0.05) is 11.9 Å². The van der Waals surface area contributed by atoms with Crippen molar-refractivity contribution in [1.29, 1.82) is 0 Å². The first-order valence-corrected chi connectivity index (χ1v) is 5.05. The van der Waals surface area contributed by atoms with Crippen LogP contribution in [0.25, 0.3) is 0 Å². The van der Waals surface area contributed by atoms with E-state index in [1.807, 2.05) is 0 Å². The fraction of sp³-hybridized carbons (Fsp3) is 0.364. The molecule has 5 nitrogen and oxygen atoms in total. The molecule has 1 heterocycles. The van der Waals surface area contributed by atoms with E-state index >= 15 is 0 Å². The predicted molar refractivity (Wildman–Crippen MR) is 57.8 cm³/mol. The topological polar surface area (TPSA) is 79.3 Å². The molecule has 0 fully saturated rings. The Hall–Kier alpha value is -1.91. The van der Waals surface area contributed by atoms with Gasteiger partial charge in [-0.1, -0.05) is 13.0 Å². The highest BCUT2D eigenvalue weighted by atomic mass is 16.4. The molecule has 1 unspecified atom stereocenters. The SMILES string of the molecule is CCC(NC(=O)Cc1ccccn1)C(=O)O. The lowest BCUT2D eigenvalue weighted by Gasteiger charge is -2.11. The maximum absolute atomic E-state index is 11.5. The highest BCUT2D eigenvalue weighted by molar-refractivity contribution is 5.84. The molecular weight excluding hydrogens is 208 g/mol. The van der Waals surface area contributed by atoms with Crippen molar-refractivity contribution in [1.82, 2.24) is 10.3 Å². The molecule has 16 heavy (non-hydrogen) atoms. The lowest BCUT2D eigenvalue weighted by atomic mass is 10.2. The van der Waals surface area contributed by atoms with E-state index < -0.39 is 12.0 Å². The van der Waals surface area contributed by atoms with Crippen LogP contribution in [0.15, 0.2) is 24.4 Å². The van der Waals surface area contributed by atoms with Crippen LogP contribution in [0.5, 0.6) is 0 Å². The van der Waals surface area contributed by atoms with Gasteiger partial charge in [0.05, 0.1) is 6.42 Å². The minimum atomic E-state index is -1.02. The second-order valence-electron chi connectivity index (χ2n) is 3.36. The quantitative estimate of drug-likeness (QED) is 0.764. The average Bonchev–Trinajstić information content (AvgIpc) is 2.27. The molecule has 0 aliphatic heterocycles. The van der Waals surface area contributed by atoms with E-state index in [9.17, 15) is 9.59 Å². The van der Waals surface area contributed by atoms with Crippen molar-refractivity contribution < 1.29 is 14.7 Å². The second-order valence-corrected chi connectivity index (χ2v) is 3.36.